The first-order valence-electron chi connectivity index (χ1n) is 14.9. The standard InChI is InChI=1S/C31H36Cl2N6O4/c32-23-12-22(13-24(33)14-23)28-9-21(19-37-3-1-20(2-4-37)11-30(41)42)10-29(36-28)43-27-17-34-31(35-18-27)39-7-5-38(6-8-39)25-15-26(40)16-25/h9-10,12-14,17-18,20,25-26,40H,1-8,11,15-16,19H2,(H,41,42). The van der Waals surface area contributed by atoms with Gasteiger partial charge in [0.05, 0.1) is 24.2 Å². The van der Waals surface area contributed by atoms with Crippen molar-refractivity contribution in [2.24, 2.45) is 5.92 Å². The van der Waals surface area contributed by atoms with Crippen LogP contribution in [0.25, 0.3) is 11.3 Å². The second-order valence-corrected chi connectivity index (χ2v) is 12.7. The molecule has 1 saturated carbocycles. The topological polar surface area (TPSA) is 115 Å². The van der Waals surface area contributed by atoms with Crippen molar-refractivity contribution >= 4 is 35.1 Å². The van der Waals surface area contributed by atoms with E-state index in [4.69, 9.17) is 38.0 Å². The Morgan fingerprint density at radius 1 is 0.930 bits per heavy atom. The van der Waals surface area contributed by atoms with Crippen LogP contribution in [0.3, 0.4) is 0 Å². The van der Waals surface area contributed by atoms with Crippen LogP contribution in [0.4, 0.5) is 5.95 Å². The van der Waals surface area contributed by atoms with E-state index in [1.807, 2.05) is 24.3 Å². The lowest BCUT2D eigenvalue weighted by atomic mass is 9.88. The van der Waals surface area contributed by atoms with Gasteiger partial charge in [-0.1, -0.05) is 23.2 Å². The average molecular weight is 628 g/mol. The maximum Gasteiger partial charge on any atom is 0.303 e. The molecule has 12 heteroatoms. The van der Waals surface area contributed by atoms with Crippen molar-refractivity contribution in [2.45, 2.75) is 50.8 Å². The third kappa shape index (κ3) is 7.74. The maximum atomic E-state index is 11.1. The number of halogens is 2. The molecule has 3 aliphatic rings. The molecule has 10 nitrogen and oxygen atoms in total. The van der Waals surface area contributed by atoms with Gasteiger partial charge in [-0.15, -0.1) is 0 Å². The number of piperazine rings is 1. The second-order valence-electron chi connectivity index (χ2n) is 11.8. The molecule has 0 atom stereocenters. The zero-order chi connectivity index (χ0) is 29.9. The zero-order valence-corrected chi connectivity index (χ0v) is 25.4. The van der Waals surface area contributed by atoms with E-state index in [2.05, 4.69) is 24.7 Å². The van der Waals surface area contributed by atoms with Gasteiger partial charge < -0.3 is 19.8 Å². The summed E-state index contributed by atoms with van der Waals surface area (Å²) in [5, 5.41) is 19.8. The van der Waals surface area contributed by atoms with Crippen molar-refractivity contribution in [1.29, 1.82) is 0 Å². The van der Waals surface area contributed by atoms with Crippen molar-refractivity contribution in [2.75, 3.05) is 44.2 Å². The molecule has 6 rings (SSSR count). The molecule has 2 saturated heterocycles. The van der Waals surface area contributed by atoms with Gasteiger partial charge >= 0.3 is 5.97 Å². The van der Waals surface area contributed by atoms with Gasteiger partial charge in [0.1, 0.15) is 0 Å². The third-order valence-corrected chi connectivity index (χ3v) is 9.07. The lowest BCUT2D eigenvalue weighted by Crippen LogP contribution is -2.55. The van der Waals surface area contributed by atoms with E-state index in [1.165, 1.54) is 0 Å². The number of carboxylic acid groups (broad SMARTS) is 1. The summed E-state index contributed by atoms with van der Waals surface area (Å²) in [6.07, 6.45) is 6.90. The van der Waals surface area contributed by atoms with Gasteiger partial charge in [-0.3, -0.25) is 14.6 Å². The fraction of sp³-hybridized carbons (Fsp3) is 0.484. The highest BCUT2D eigenvalue weighted by atomic mass is 35.5. The van der Waals surface area contributed by atoms with Crippen LogP contribution in [0.15, 0.2) is 42.7 Å². The number of aliphatic hydroxyl groups excluding tert-OH is 1. The van der Waals surface area contributed by atoms with Crippen LogP contribution in [-0.2, 0) is 11.3 Å². The summed E-state index contributed by atoms with van der Waals surface area (Å²) in [5.41, 5.74) is 2.49. The average Bonchev–Trinajstić information content (AvgIpc) is 2.96. The number of benzene rings is 1. The molecule has 3 aromatic rings. The number of aliphatic hydroxyl groups is 1. The smallest absolute Gasteiger partial charge is 0.303 e. The molecule has 1 aromatic carbocycles. The van der Waals surface area contributed by atoms with E-state index in [-0.39, 0.29) is 18.4 Å². The summed E-state index contributed by atoms with van der Waals surface area (Å²) in [4.78, 5) is 32.0. The Kier molecular flexibility index (Phi) is 9.30. The van der Waals surface area contributed by atoms with Crippen molar-refractivity contribution in [3.8, 4) is 22.9 Å². The number of carbonyl (C=O) groups is 1. The number of hydrogen-bond acceptors (Lipinski definition) is 9. The molecule has 43 heavy (non-hydrogen) atoms. The molecule has 4 heterocycles. The number of piperidine rings is 1. The molecule has 2 aliphatic heterocycles. The highest BCUT2D eigenvalue weighted by Gasteiger charge is 2.34. The van der Waals surface area contributed by atoms with E-state index in [0.717, 1.165) is 76.1 Å². The first-order chi connectivity index (χ1) is 20.8. The van der Waals surface area contributed by atoms with Gasteiger partial charge in [-0.2, -0.15) is 0 Å². The fourth-order valence-corrected chi connectivity index (χ4v) is 6.72. The molecule has 0 bridgehead atoms. The zero-order valence-electron chi connectivity index (χ0n) is 23.9. The van der Waals surface area contributed by atoms with Crippen LogP contribution < -0.4 is 9.64 Å². The number of aliphatic carboxylic acids is 1. The Morgan fingerprint density at radius 2 is 1.60 bits per heavy atom. The Labute approximate surface area is 261 Å². The minimum absolute atomic E-state index is 0.142. The van der Waals surface area contributed by atoms with Gasteiger partial charge in [0.25, 0.3) is 0 Å². The van der Waals surface area contributed by atoms with Gasteiger partial charge in [-0.25, -0.2) is 15.0 Å². The van der Waals surface area contributed by atoms with Gasteiger partial charge in [0, 0.05) is 66.9 Å². The van der Waals surface area contributed by atoms with E-state index >= 15 is 0 Å². The van der Waals surface area contributed by atoms with Gasteiger partial charge in [0.15, 0.2) is 5.75 Å². The van der Waals surface area contributed by atoms with Crippen LogP contribution in [0.1, 0.15) is 37.7 Å². The Balaban J connectivity index is 1.15. The van der Waals surface area contributed by atoms with Crippen molar-refractivity contribution in [3.05, 3.63) is 58.3 Å². The number of aromatic nitrogens is 3. The highest BCUT2D eigenvalue weighted by Crippen LogP contribution is 2.31. The predicted octanol–water partition coefficient (Wildman–Crippen LogP) is 4.97. The Morgan fingerprint density at radius 3 is 2.23 bits per heavy atom. The fourth-order valence-electron chi connectivity index (χ4n) is 6.20. The van der Waals surface area contributed by atoms with Crippen LogP contribution >= 0.6 is 23.2 Å². The van der Waals surface area contributed by atoms with E-state index < -0.39 is 5.97 Å². The third-order valence-electron chi connectivity index (χ3n) is 8.64. The van der Waals surface area contributed by atoms with Crippen LogP contribution in [0.5, 0.6) is 11.6 Å². The molecule has 0 amide bonds. The Bertz CT molecular complexity index is 1400. The number of nitrogens with zero attached hydrogens (tertiary/aromatic N) is 6. The number of ether oxygens (including phenoxy) is 1. The van der Waals surface area contributed by atoms with Crippen molar-refractivity contribution in [1.82, 2.24) is 24.8 Å². The summed E-state index contributed by atoms with van der Waals surface area (Å²) < 4.78 is 6.18. The van der Waals surface area contributed by atoms with E-state index in [1.54, 1.807) is 18.5 Å². The minimum Gasteiger partial charge on any atom is -0.481 e. The number of likely N-dealkylation sites (tertiary alicyclic amines) is 1. The van der Waals surface area contributed by atoms with Gasteiger partial charge in [-0.05, 0) is 74.5 Å². The monoisotopic (exact) mass is 626 g/mol. The largest absolute Gasteiger partial charge is 0.481 e. The molecule has 1 aliphatic carbocycles. The van der Waals surface area contributed by atoms with Crippen LogP contribution in [0.2, 0.25) is 10.0 Å². The summed E-state index contributed by atoms with van der Waals surface area (Å²) in [6, 6.07) is 9.77. The number of anilines is 1. The highest BCUT2D eigenvalue weighted by molar-refractivity contribution is 6.35. The number of rotatable bonds is 9. The first kappa shape index (κ1) is 30.0. The minimum atomic E-state index is -0.732. The second kappa shape index (κ2) is 13.3. The first-order valence-corrected chi connectivity index (χ1v) is 15.6. The molecular formula is C31H36Cl2N6O4. The van der Waals surface area contributed by atoms with Crippen molar-refractivity contribution < 1.29 is 19.7 Å². The number of carboxylic acids is 1. The molecule has 0 radical (unpaired) electrons. The SMILES string of the molecule is O=C(O)CC1CCN(Cc2cc(Oc3cnc(N4CCN(C5CC(O)C5)CC4)nc3)nc(-c3cc(Cl)cc(Cl)c3)c2)CC1. The molecular weight excluding hydrogens is 591 g/mol. The van der Waals surface area contributed by atoms with E-state index in [0.29, 0.717) is 45.9 Å². The summed E-state index contributed by atoms with van der Waals surface area (Å²) in [5.74, 6) is 1.06. The lowest BCUT2D eigenvalue weighted by molar-refractivity contribution is -0.138. The number of pyridine rings is 1. The van der Waals surface area contributed by atoms with Crippen LogP contribution in [-0.4, -0.2) is 92.3 Å². The lowest BCUT2D eigenvalue weighted by Gasteiger charge is -2.44. The predicted molar refractivity (Wildman–Crippen MR) is 165 cm³/mol. The molecule has 0 spiro atoms. The van der Waals surface area contributed by atoms with Gasteiger partial charge in [0.2, 0.25) is 11.8 Å². The van der Waals surface area contributed by atoms with Crippen LogP contribution in [0, 0.1) is 5.92 Å². The summed E-state index contributed by atoms with van der Waals surface area (Å²) >= 11 is 12.6. The Hall–Kier alpha value is -3.02. The number of hydrogen-bond donors (Lipinski definition) is 2. The van der Waals surface area contributed by atoms with Crippen molar-refractivity contribution in [3.63, 3.8) is 0 Å². The molecule has 228 valence electrons. The maximum absolute atomic E-state index is 11.1. The molecule has 2 N–H and O–H groups in total. The summed E-state index contributed by atoms with van der Waals surface area (Å²) in [6.45, 7) is 5.90. The summed E-state index contributed by atoms with van der Waals surface area (Å²) in [7, 11) is 0. The molecule has 2 aromatic heterocycles. The normalized spacial score (nSPS) is 21.9. The molecule has 3 fully saturated rings. The van der Waals surface area contributed by atoms with E-state index in [9.17, 15) is 9.90 Å². The quantitative estimate of drug-likeness (QED) is 0.337. The molecule has 0 unspecified atom stereocenters.